The van der Waals surface area contributed by atoms with Gasteiger partial charge in [0.05, 0.1) is 18.6 Å². The molecule has 0 bridgehead atoms. The quantitative estimate of drug-likeness (QED) is 0.633. The summed E-state index contributed by atoms with van der Waals surface area (Å²) >= 11 is 9.08. The largest absolute Gasteiger partial charge is 0.466 e. The molecule has 1 aromatic rings. The van der Waals surface area contributed by atoms with Crippen LogP contribution in [0.3, 0.4) is 0 Å². The molecule has 0 aliphatic carbocycles. The molecule has 1 aromatic carbocycles. The Hall–Kier alpha value is -1.05. The van der Waals surface area contributed by atoms with E-state index in [9.17, 15) is 4.79 Å². The minimum atomic E-state index is -0.306. The summed E-state index contributed by atoms with van der Waals surface area (Å²) in [6, 6.07) is 5.52. The van der Waals surface area contributed by atoms with Crippen molar-refractivity contribution in [1.82, 2.24) is 0 Å². The molecule has 0 heterocycles. The molecule has 0 aliphatic heterocycles. The Morgan fingerprint density at radius 3 is 2.82 bits per heavy atom. The summed E-state index contributed by atoms with van der Waals surface area (Å²) in [5.74, 6) is -0.0226. The van der Waals surface area contributed by atoms with E-state index in [1.54, 1.807) is 19.1 Å². The fourth-order valence-corrected chi connectivity index (χ4v) is 2.24. The van der Waals surface area contributed by atoms with E-state index in [0.717, 1.165) is 11.1 Å². The van der Waals surface area contributed by atoms with Crippen molar-refractivity contribution in [3.05, 3.63) is 33.3 Å². The van der Waals surface area contributed by atoms with Crippen LogP contribution in [0.4, 0.5) is 0 Å². The van der Waals surface area contributed by atoms with Crippen LogP contribution in [0.25, 0.3) is 0 Å². The summed E-state index contributed by atoms with van der Waals surface area (Å²) in [5.41, 5.74) is 2.01. The molecular weight excluding hydrogens is 305 g/mol. The molecule has 0 unspecified atom stereocenters. The highest BCUT2D eigenvalue weighted by atomic mass is 79.9. The maximum atomic E-state index is 11.3. The standard InChI is InChI=1S/C12H11BrClNO2/c1-2-17-11(16)5-8-3-9(6-14)12(13)10(4-8)7-15/h3-4H,2,5-6H2,1H3. The van der Waals surface area contributed by atoms with Crippen LogP contribution in [0.15, 0.2) is 16.6 Å². The second-order valence-corrected chi connectivity index (χ2v) is 4.40. The van der Waals surface area contributed by atoms with Gasteiger partial charge in [-0.05, 0) is 40.0 Å². The number of hydrogen-bond donors (Lipinski definition) is 0. The Morgan fingerprint density at radius 1 is 1.59 bits per heavy atom. The number of carbonyl (C=O) groups excluding carboxylic acids is 1. The third-order valence-corrected chi connectivity index (χ3v) is 3.35. The first-order valence-corrected chi connectivity index (χ1v) is 6.38. The number of carbonyl (C=O) groups is 1. The topological polar surface area (TPSA) is 50.1 Å². The lowest BCUT2D eigenvalue weighted by molar-refractivity contribution is -0.142. The van der Waals surface area contributed by atoms with Gasteiger partial charge >= 0.3 is 5.97 Å². The lowest BCUT2D eigenvalue weighted by Gasteiger charge is -2.07. The molecule has 0 aliphatic rings. The van der Waals surface area contributed by atoms with E-state index in [-0.39, 0.29) is 18.3 Å². The molecule has 5 heteroatoms. The van der Waals surface area contributed by atoms with Gasteiger partial charge in [0.25, 0.3) is 0 Å². The number of nitrogens with zero attached hydrogens (tertiary/aromatic N) is 1. The van der Waals surface area contributed by atoms with Crippen LogP contribution in [-0.2, 0) is 21.8 Å². The number of rotatable bonds is 4. The van der Waals surface area contributed by atoms with Gasteiger partial charge < -0.3 is 4.74 Å². The molecule has 1 rings (SSSR count). The molecule has 0 aromatic heterocycles. The third-order valence-electron chi connectivity index (χ3n) is 2.13. The van der Waals surface area contributed by atoms with Crippen LogP contribution >= 0.6 is 27.5 Å². The van der Waals surface area contributed by atoms with E-state index in [4.69, 9.17) is 21.6 Å². The maximum Gasteiger partial charge on any atom is 0.310 e. The highest BCUT2D eigenvalue weighted by Crippen LogP contribution is 2.25. The van der Waals surface area contributed by atoms with Crippen molar-refractivity contribution in [1.29, 1.82) is 5.26 Å². The molecule has 0 spiro atoms. The average Bonchev–Trinajstić information content (AvgIpc) is 2.31. The van der Waals surface area contributed by atoms with Crippen molar-refractivity contribution in [2.75, 3.05) is 6.61 Å². The number of halogens is 2. The van der Waals surface area contributed by atoms with Gasteiger partial charge in [-0.3, -0.25) is 4.79 Å². The Kier molecular flexibility index (Phi) is 5.46. The molecule has 0 amide bonds. The first-order valence-electron chi connectivity index (χ1n) is 5.05. The molecular formula is C12H11BrClNO2. The van der Waals surface area contributed by atoms with Crippen molar-refractivity contribution in [2.45, 2.75) is 19.2 Å². The van der Waals surface area contributed by atoms with Gasteiger partial charge in [-0.15, -0.1) is 11.6 Å². The van der Waals surface area contributed by atoms with Gasteiger partial charge in [-0.1, -0.05) is 6.07 Å². The van der Waals surface area contributed by atoms with Crippen LogP contribution in [0.5, 0.6) is 0 Å². The van der Waals surface area contributed by atoms with Gasteiger partial charge in [0, 0.05) is 10.4 Å². The van der Waals surface area contributed by atoms with Gasteiger partial charge in [-0.2, -0.15) is 5.26 Å². The number of ether oxygens (including phenoxy) is 1. The van der Waals surface area contributed by atoms with E-state index >= 15 is 0 Å². The van der Waals surface area contributed by atoms with E-state index in [1.807, 2.05) is 0 Å². The van der Waals surface area contributed by atoms with Crippen molar-refractivity contribution >= 4 is 33.5 Å². The minimum Gasteiger partial charge on any atom is -0.466 e. The fraction of sp³-hybridized carbons (Fsp3) is 0.333. The zero-order valence-corrected chi connectivity index (χ0v) is 11.6. The number of benzene rings is 1. The van der Waals surface area contributed by atoms with Crippen LogP contribution in [0.1, 0.15) is 23.6 Å². The van der Waals surface area contributed by atoms with Crippen LogP contribution in [0, 0.1) is 11.3 Å². The molecule has 0 radical (unpaired) electrons. The second kappa shape index (κ2) is 6.63. The normalized spacial score (nSPS) is 9.76. The minimum absolute atomic E-state index is 0.152. The van der Waals surface area contributed by atoms with E-state index < -0.39 is 0 Å². The van der Waals surface area contributed by atoms with Gasteiger partial charge in [0.15, 0.2) is 0 Å². The zero-order valence-electron chi connectivity index (χ0n) is 9.30. The molecule has 0 saturated carbocycles. The Morgan fingerprint density at radius 2 is 2.29 bits per heavy atom. The summed E-state index contributed by atoms with van der Waals surface area (Å²) in [4.78, 5) is 11.3. The summed E-state index contributed by atoms with van der Waals surface area (Å²) in [6.45, 7) is 2.10. The molecule has 17 heavy (non-hydrogen) atoms. The Balaban J connectivity index is 3.02. The predicted octanol–water partition coefficient (Wildman–Crippen LogP) is 3.17. The summed E-state index contributed by atoms with van der Waals surface area (Å²) in [7, 11) is 0. The maximum absolute atomic E-state index is 11.3. The number of nitriles is 1. The lowest BCUT2D eigenvalue weighted by Crippen LogP contribution is -2.08. The van der Waals surface area contributed by atoms with Crippen molar-refractivity contribution in [3.63, 3.8) is 0 Å². The lowest BCUT2D eigenvalue weighted by atomic mass is 10.0. The smallest absolute Gasteiger partial charge is 0.310 e. The van der Waals surface area contributed by atoms with Crippen LogP contribution < -0.4 is 0 Å². The highest BCUT2D eigenvalue weighted by Gasteiger charge is 2.11. The summed E-state index contributed by atoms with van der Waals surface area (Å²) in [5, 5.41) is 8.96. The van der Waals surface area contributed by atoms with Gasteiger partial charge in [0.1, 0.15) is 6.07 Å². The molecule has 3 nitrogen and oxygen atoms in total. The molecule has 0 fully saturated rings. The van der Waals surface area contributed by atoms with Gasteiger partial charge in [-0.25, -0.2) is 0 Å². The van der Waals surface area contributed by atoms with E-state index in [1.165, 1.54) is 0 Å². The monoisotopic (exact) mass is 315 g/mol. The molecule has 0 atom stereocenters. The predicted molar refractivity (Wildman–Crippen MR) is 68.8 cm³/mol. The van der Waals surface area contributed by atoms with Crippen molar-refractivity contribution < 1.29 is 9.53 Å². The molecule has 0 saturated heterocycles. The third kappa shape index (κ3) is 3.72. The van der Waals surface area contributed by atoms with E-state index in [2.05, 4.69) is 22.0 Å². The SMILES string of the molecule is CCOC(=O)Cc1cc(C#N)c(Br)c(CCl)c1. The number of hydrogen-bond acceptors (Lipinski definition) is 3. The average molecular weight is 317 g/mol. The second-order valence-electron chi connectivity index (χ2n) is 3.34. The number of alkyl halides is 1. The Bertz CT molecular complexity index is 468. The molecule has 90 valence electrons. The van der Waals surface area contributed by atoms with Crippen LogP contribution in [0.2, 0.25) is 0 Å². The summed E-state index contributed by atoms with van der Waals surface area (Å²) in [6.07, 6.45) is 0.152. The fourth-order valence-electron chi connectivity index (χ4n) is 1.41. The summed E-state index contributed by atoms with van der Waals surface area (Å²) < 4.78 is 5.54. The molecule has 0 N–H and O–H groups in total. The first kappa shape index (κ1) is 14.0. The zero-order chi connectivity index (χ0) is 12.8. The highest BCUT2D eigenvalue weighted by molar-refractivity contribution is 9.10. The Labute approximate surface area is 113 Å². The van der Waals surface area contributed by atoms with Crippen molar-refractivity contribution in [3.8, 4) is 6.07 Å². The van der Waals surface area contributed by atoms with Gasteiger partial charge in [0.2, 0.25) is 0 Å². The van der Waals surface area contributed by atoms with Crippen molar-refractivity contribution in [2.24, 2.45) is 0 Å². The number of esters is 1. The van der Waals surface area contributed by atoms with E-state index in [0.29, 0.717) is 16.6 Å². The first-order chi connectivity index (χ1) is 8.12. The van der Waals surface area contributed by atoms with Crippen LogP contribution in [-0.4, -0.2) is 12.6 Å².